The fraction of sp³-hybridized carbons (Fsp3) is 0.100. The lowest BCUT2D eigenvalue weighted by molar-refractivity contribution is 1.11. The second-order valence-corrected chi connectivity index (χ2v) is 3.46. The first-order chi connectivity index (χ1) is 7.83. The monoisotopic (exact) mass is 215 g/mol. The summed E-state index contributed by atoms with van der Waals surface area (Å²) in [6, 6.07) is 0. The molecule has 0 saturated heterocycles. The van der Waals surface area contributed by atoms with E-state index in [1.807, 2.05) is 18.2 Å². The minimum absolute atomic E-state index is 0.225. The third-order valence-corrected chi connectivity index (χ3v) is 2.35. The van der Waals surface area contributed by atoms with Crippen LogP contribution in [-0.2, 0) is 0 Å². The third kappa shape index (κ3) is 1.40. The molecule has 0 unspecified atom stereocenters. The largest absolute Gasteiger partial charge is 0.339 e. The average Bonchev–Trinajstić information content (AvgIpc) is 2.87. The van der Waals surface area contributed by atoms with Crippen LogP contribution in [-0.4, -0.2) is 19.9 Å². The van der Waals surface area contributed by atoms with Crippen molar-refractivity contribution in [2.75, 3.05) is 5.32 Å². The Morgan fingerprint density at radius 2 is 2.38 bits per heavy atom. The molecular formula is C10H9N5O. The van der Waals surface area contributed by atoms with Gasteiger partial charge in [-0.1, -0.05) is 12.2 Å². The van der Waals surface area contributed by atoms with Crippen molar-refractivity contribution in [2.24, 2.45) is 0 Å². The second-order valence-electron chi connectivity index (χ2n) is 3.46. The number of allylic oxidation sites excluding steroid dienone is 3. The van der Waals surface area contributed by atoms with Gasteiger partial charge in [0.25, 0.3) is 5.56 Å². The van der Waals surface area contributed by atoms with Crippen LogP contribution >= 0.6 is 0 Å². The van der Waals surface area contributed by atoms with E-state index in [1.54, 1.807) is 0 Å². The van der Waals surface area contributed by atoms with E-state index in [1.165, 1.54) is 6.33 Å². The second kappa shape index (κ2) is 3.34. The van der Waals surface area contributed by atoms with Gasteiger partial charge in [0.15, 0.2) is 11.2 Å². The third-order valence-electron chi connectivity index (χ3n) is 2.35. The lowest BCUT2D eigenvalue weighted by atomic mass is 10.4. The molecule has 0 aromatic carbocycles. The van der Waals surface area contributed by atoms with Crippen LogP contribution in [0.25, 0.3) is 11.2 Å². The number of anilines is 1. The van der Waals surface area contributed by atoms with E-state index in [4.69, 9.17) is 0 Å². The van der Waals surface area contributed by atoms with Gasteiger partial charge in [0.05, 0.1) is 6.33 Å². The van der Waals surface area contributed by atoms with Gasteiger partial charge >= 0.3 is 0 Å². The van der Waals surface area contributed by atoms with Crippen molar-refractivity contribution in [3.05, 3.63) is 40.6 Å². The summed E-state index contributed by atoms with van der Waals surface area (Å²) in [4.78, 5) is 25.1. The van der Waals surface area contributed by atoms with Crippen molar-refractivity contribution in [2.45, 2.75) is 6.42 Å². The molecule has 0 saturated carbocycles. The summed E-state index contributed by atoms with van der Waals surface area (Å²) in [6.07, 6.45) is 8.19. The molecule has 0 fully saturated rings. The quantitative estimate of drug-likeness (QED) is 0.694. The molecule has 80 valence electrons. The predicted molar refractivity (Wildman–Crippen MR) is 60.0 cm³/mol. The summed E-state index contributed by atoms with van der Waals surface area (Å²) in [5.74, 6) is 0.416. The van der Waals surface area contributed by atoms with E-state index < -0.39 is 0 Å². The van der Waals surface area contributed by atoms with Crippen LogP contribution < -0.4 is 10.9 Å². The molecule has 6 heteroatoms. The number of nitrogens with one attached hydrogen (secondary N) is 3. The smallest absolute Gasteiger partial charge is 0.278 e. The van der Waals surface area contributed by atoms with Gasteiger partial charge in [-0.3, -0.25) is 9.78 Å². The SMILES string of the molecule is O=c1[nH]c(NC2=CC=CC2)nc2nc[nH]c12. The number of H-pyrrole nitrogens is 2. The Hall–Kier alpha value is -2.37. The molecule has 0 radical (unpaired) electrons. The summed E-state index contributed by atoms with van der Waals surface area (Å²) >= 11 is 0. The van der Waals surface area contributed by atoms with Crippen LogP contribution in [0.1, 0.15) is 6.42 Å². The van der Waals surface area contributed by atoms with Crippen molar-refractivity contribution >= 4 is 17.1 Å². The van der Waals surface area contributed by atoms with Crippen molar-refractivity contribution in [3.63, 3.8) is 0 Å². The Bertz CT molecular complexity index is 649. The topological polar surface area (TPSA) is 86.5 Å². The fourth-order valence-corrected chi connectivity index (χ4v) is 1.59. The van der Waals surface area contributed by atoms with E-state index in [2.05, 4.69) is 25.3 Å². The molecule has 2 aromatic heterocycles. The Balaban J connectivity index is 2.01. The van der Waals surface area contributed by atoms with Gasteiger partial charge < -0.3 is 10.3 Å². The molecule has 0 bridgehead atoms. The number of fused-ring (bicyclic) bond motifs is 1. The van der Waals surface area contributed by atoms with Crippen molar-refractivity contribution in [1.82, 2.24) is 19.9 Å². The molecule has 6 nitrogen and oxygen atoms in total. The van der Waals surface area contributed by atoms with Gasteiger partial charge in [0.1, 0.15) is 0 Å². The highest BCUT2D eigenvalue weighted by atomic mass is 16.1. The highest BCUT2D eigenvalue weighted by Crippen LogP contribution is 2.12. The van der Waals surface area contributed by atoms with Gasteiger partial charge in [0, 0.05) is 12.1 Å². The zero-order chi connectivity index (χ0) is 11.0. The van der Waals surface area contributed by atoms with Gasteiger partial charge in [-0.05, 0) is 6.08 Å². The van der Waals surface area contributed by atoms with Crippen LogP contribution in [0.15, 0.2) is 35.0 Å². The summed E-state index contributed by atoms with van der Waals surface area (Å²) in [5.41, 5.74) is 1.58. The molecule has 2 heterocycles. The average molecular weight is 215 g/mol. The molecule has 2 aromatic rings. The highest BCUT2D eigenvalue weighted by Gasteiger charge is 2.07. The van der Waals surface area contributed by atoms with Gasteiger partial charge in [-0.2, -0.15) is 4.98 Å². The lowest BCUT2D eigenvalue weighted by Gasteiger charge is -2.04. The number of hydrogen-bond acceptors (Lipinski definition) is 4. The van der Waals surface area contributed by atoms with E-state index >= 15 is 0 Å². The fourth-order valence-electron chi connectivity index (χ4n) is 1.59. The van der Waals surface area contributed by atoms with Crippen molar-refractivity contribution in [1.29, 1.82) is 0 Å². The van der Waals surface area contributed by atoms with Crippen LogP contribution in [0.4, 0.5) is 5.95 Å². The van der Waals surface area contributed by atoms with Crippen molar-refractivity contribution in [3.8, 4) is 0 Å². The van der Waals surface area contributed by atoms with E-state index in [9.17, 15) is 4.79 Å². The highest BCUT2D eigenvalue weighted by molar-refractivity contribution is 5.69. The standard InChI is InChI=1S/C10H9N5O/c16-9-7-8(12-5-11-7)14-10(15-9)13-6-3-1-2-4-6/h1-3,5H,4H2,(H3,11,12,13,14,15,16). The number of aromatic nitrogens is 4. The Labute approximate surface area is 90.1 Å². The Morgan fingerprint density at radius 3 is 3.19 bits per heavy atom. The zero-order valence-electron chi connectivity index (χ0n) is 8.32. The number of hydrogen-bond donors (Lipinski definition) is 3. The minimum atomic E-state index is -0.225. The lowest BCUT2D eigenvalue weighted by Crippen LogP contribution is -2.12. The summed E-state index contributed by atoms with van der Waals surface area (Å²) in [5, 5.41) is 3.04. The minimum Gasteiger partial charge on any atom is -0.339 e. The van der Waals surface area contributed by atoms with E-state index in [-0.39, 0.29) is 5.56 Å². The molecular weight excluding hydrogens is 206 g/mol. The number of rotatable bonds is 2. The summed E-state index contributed by atoms with van der Waals surface area (Å²) in [7, 11) is 0. The van der Waals surface area contributed by atoms with E-state index in [0.29, 0.717) is 17.1 Å². The Morgan fingerprint density at radius 1 is 1.44 bits per heavy atom. The van der Waals surface area contributed by atoms with Crippen LogP contribution in [0.3, 0.4) is 0 Å². The maximum atomic E-state index is 11.6. The number of imidazole rings is 1. The van der Waals surface area contributed by atoms with Crippen molar-refractivity contribution < 1.29 is 0 Å². The van der Waals surface area contributed by atoms with Crippen LogP contribution in [0.5, 0.6) is 0 Å². The Kier molecular flexibility index (Phi) is 1.86. The molecule has 1 aliphatic rings. The molecule has 0 spiro atoms. The normalized spacial score (nSPS) is 14.4. The maximum Gasteiger partial charge on any atom is 0.278 e. The summed E-state index contributed by atoms with van der Waals surface area (Å²) < 4.78 is 0. The van der Waals surface area contributed by atoms with Crippen LogP contribution in [0, 0.1) is 0 Å². The molecule has 3 rings (SSSR count). The maximum absolute atomic E-state index is 11.6. The molecule has 1 aliphatic carbocycles. The predicted octanol–water partition coefficient (Wildman–Crippen LogP) is 0.902. The molecule has 3 N–H and O–H groups in total. The number of aromatic amines is 2. The molecule has 16 heavy (non-hydrogen) atoms. The van der Waals surface area contributed by atoms with Gasteiger partial charge in [-0.25, -0.2) is 4.98 Å². The van der Waals surface area contributed by atoms with Gasteiger partial charge in [-0.15, -0.1) is 0 Å². The summed E-state index contributed by atoms with van der Waals surface area (Å²) in [6.45, 7) is 0. The molecule has 0 atom stereocenters. The van der Waals surface area contributed by atoms with E-state index in [0.717, 1.165) is 12.1 Å². The zero-order valence-corrected chi connectivity index (χ0v) is 8.32. The van der Waals surface area contributed by atoms with Crippen LogP contribution in [0.2, 0.25) is 0 Å². The first-order valence-electron chi connectivity index (χ1n) is 4.89. The molecule has 0 aliphatic heterocycles. The molecule has 0 amide bonds. The first-order valence-corrected chi connectivity index (χ1v) is 4.89. The first kappa shape index (κ1) is 8.90. The van der Waals surface area contributed by atoms with Gasteiger partial charge in [0.2, 0.25) is 5.95 Å². The number of nitrogens with zero attached hydrogens (tertiary/aromatic N) is 2.